The third-order valence-corrected chi connectivity index (χ3v) is 5.92. The van der Waals surface area contributed by atoms with Crippen molar-refractivity contribution >= 4 is 57.0 Å². The lowest BCUT2D eigenvalue weighted by molar-refractivity contribution is 0.568. The molecule has 0 saturated heterocycles. The van der Waals surface area contributed by atoms with Gasteiger partial charge in [0.15, 0.2) is 5.13 Å². The van der Waals surface area contributed by atoms with E-state index in [-0.39, 0.29) is 5.41 Å². The molecule has 136 valence electrons. The molecule has 0 fully saturated rings. The van der Waals surface area contributed by atoms with Crippen molar-refractivity contribution in [2.24, 2.45) is 0 Å². The summed E-state index contributed by atoms with van der Waals surface area (Å²) in [5.74, 6) is 0. The van der Waals surface area contributed by atoms with Crippen LogP contribution in [0.2, 0.25) is 15.1 Å². The summed E-state index contributed by atoms with van der Waals surface area (Å²) in [5.41, 5.74) is 2.98. The molecule has 3 rings (SSSR count). The Bertz CT molecular complexity index is 912. The molecule has 3 aromatic rings. The number of nitrogens with zero attached hydrogens (tertiary/aromatic N) is 1. The van der Waals surface area contributed by atoms with Crippen molar-refractivity contribution < 1.29 is 0 Å². The van der Waals surface area contributed by atoms with Gasteiger partial charge < -0.3 is 5.32 Å². The van der Waals surface area contributed by atoms with Gasteiger partial charge in [-0.3, -0.25) is 0 Å². The van der Waals surface area contributed by atoms with Gasteiger partial charge in [-0.15, -0.1) is 11.3 Å². The highest BCUT2D eigenvalue weighted by Gasteiger charge is 2.23. The Labute approximate surface area is 173 Å². The van der Waals surface area contributed by atoms with Crippen molar-refractivity contribution in [3.8, 4) is 0 Å². The molecule has 6 heteroatoms. The molecule has 26 heavy (non-hydrogen) atoms. The fourth-order valence-corrected chi connectivity index (χ4v) is 4.31. The van der Waals surface area contributed by atoms with Gasteiger partial charge in [-0.2, -0.15) is 0 Å². The monoisotopic (exact) mass is 424 g/mol. The molecule has 0 bridgehead atoms. The van der Waals surface area contributed by atoms with E-state index >= 15 is 0 Å². The number of nitrogens with one attached hydrogen (secondary N) is 1. The first-order chi connectivity index (χ1) is 12.2. The minimum atomic E-state index is -0.0592. The zero-order chi connectivity index (χ0) is 18.9. The smallest absolute Gasteiger partial charge is 0.187 e. The number of rotatable bonds is 4. The fraction of sp³-hybridized carbons (Fsp3) is 0.250. The molecule has 1 heterocycles. The highest BCUT2D eigenvalue weighted by atomic mass is 35.5. The number of anilines is 2. The van der Waals surface area contributed by atoms with Crippen LogP contribution in [-0.2, 0) is 11.8 Å². The SMILES string of the molecule is CC(C)(C)c1nc(Nc2cccc(Cl)c2Cl)sc1Cc1ccc(Cl)cc1. The Hall–Kier alpha value is -1.26. The molecular weight excluding hydrogens is 407 g/mol. The van der Waals surface area contributed by atoms with Gasteiger partial charge in [0, 0.05) is 21.7 Å². The summed E-state index contributed by atoms with van der Waals surface area (Å²) in [7, 11) is 0. The molecule has 0 radical (unpaired) electrons. The zero-order valence-corrected chi connectivity index (χ0v) is 17.8. The van der Waals surface area contributed by atoms with Crippen LogP contribution in [0, 0.1) is 0 Å². The van der Waals surface area contributed by atoms with Crippen molar-refractivity contribution in [1.82, 2.24) is 4.98 Å². The zero-order valence-electron chi connectivity index (χ0n) is 14.7. The molecule has 2 aromatic carbocycles. The van der Waals surface area contributed by atoms with E-state index in [1.807, 2.05) is 24.3 Å². The molecule has 0 unspecified atom stereocenters. The highest BCUT2D eigenvalue weighted by Crippen LogP contribution is 2.37. The third-order valence-electron chi connectivity index (χ3n) is 3.88. The van der Waals surface area contributed by atoms with Crippen LogP contribution in [0.1, 0.15) is 36.9 Å². The molecule has 1 aromatic heterocycles. The standard InChI is InChI=1S/C20H19Cl3N2S/c1-20(2,3)18-16(11-12-7-9-13(21)10-8-12)26-19(25-18)24-15-6-4-5-14(22)17(15)23/h4-10H,11H2,1-3H3,(H,24,25). The third kappa shape index (κ3) is 4.52. The minimum absolute atomic E-state index is 0.0592. The Balaban J connectivity index is 1.94. The first-order valence-corrected chi connectivity index (χ1v) is 10.1. The van der Waals surface area contributed by atoms with Crippen LogP contribution in [0.25, 0.3) is 0 Å². The molecular formula is C20H19Cl3N2S. The Morgan fingerprint density at radius 2 is 1.69 bits per heavy atom. The maximum atomic E-state index is 6.29. The second-order valence-corrected chi connectivity index (χ2v) is 9.38. The van der Waals surface area contributed by atoms with Gasteiger partial charge in [0.25, 0.3) is 0 Å². The van der Waals surface area contributed by atoms with Crippen molar-refractivity contribution in [3.05, 3.63) is 73.7 Å². The van der Waals surface area contributed by atoms with Gasteiger partial charge >= 0.3 is 0 Å². The van der Waals surface area contributed by atoms with Crippen LogP contribution in [0.3, 0.4) is 0 Å². The predicted molar refractivity (Wildman–Crippen MR) is 115 cm³/mol. The van der Waals surface area contributed by atoms with Gasteiger partial charge in [0.05, 0.1) is 21.4 Å². The Morgan fingerprint density at radius 1 is 1.00 bits per heavy atom. The van der Waals surface area contributed by atoms with Crippen molar-refractivity contribution in [2.75, 3.05) is 5.32 Å². The summed E-state index contributed by atoms with van der Waals surface area (Å²) in [4.78, 5) is 6.06. The molecule has 0 aliphatic rings. The summed E-state index contributed by atoms with van der Waals surface area (Å²) in [6.45, 7) is 6.51. The average molecular weight is 426 g/mol. The normalized spacial score (nSPS) is 11.6. The van der Waals surface area contributed by atoms with Crippen molar-refractivity contribution in [1.29, 1.82) is 0 Å². The molecule has 1 N–H and O–H groups in total. The Morgan fingerprint density at radius 3 is 2.35 bits per heavy atom. The van der Waals surface area contributed by atoms with Gasteiger partial charge in [-0.05, 0) is 29.8 Å². The molecule has 2 nitrogen and oxygen atoms in total. The van der Waals surface area contributed by atoms with Gasteiger partial charge in [-0.25, -0.2) is 4.98 Å². The van der Waals surface area contributed by atoms with E-state index in [4.69, 9.17) is 39.8 Å². The number of aromatic nitrogens is 1. The molecule has 0 saturated carbocycles. The van der Waals surface area contributed by atoms with E-state index < -0.39 is 0 Å². The van der Waals surface area contributed by atoms with Gasteiger partial charge in [-0.1, -0.05) is 73.8 Å². The van der Waals surface area contributed by atoms with Crippen molar-refractivity contribution in [3.63, 3.8) is 0 Å². The number of benzene rings is 2. The maximum absolute atomic E-state index is 6.29. The predicted octanol–water partition coefficient (Wildman–Crippen LogP) is 7.74. The lowest BCUT2D eigenvalue weighted by atomic mass is 9.90. The van der Waals surface area contributed by atoms with Crippen LogP contribution in [0.5, 0.6) is 0 Å². The summed E-state index contributed by atoms with van der Waals surface area (Å²) < 4.78 is 0. The average Bonchev–Trinajstić information content (AvgIpc) is 2.97. The summed E-state index contributed by atoms with van der Waals surface area (Å²) in [5, 5.41) is 5.88. The molecule has 0 amide bonds. The molecule has 0 aliphatic carbocycles. The van der Waals surface area contributed by atoms with E-state index in [9.17, 15) is 0 Å². The Kier molecular flexibility index (Phi) is 5.83. The second kappa shape index (κ2) is 7.77. The topological polar surface area (TPSA) is 24.9 Å². The molecule has 0 aliphatic heterocycles. The van der Waals surface area contributed by atoms with E-state index in [0.717, 1.165) is 28.0 Å². The van der Waals surface area contributed by atoms with Crippen LogP contribution >= 0.6 is 46.1 Å². The van der Waals surface area contributed by atoms with Crippen molar-refractivity contribution in [2.45, 2.75) is 32.6 Å². The lowest BCUT2D eigenvalue weighted by Gasteiger charge is -2.17. The van der Waals surface area contributed by atoms with E-state index in [2.05, 4.69) is 38.2 Å². The first-order valence-electron chi connectivity index (χ1n) is 8.19. The quantitative estimate of drug-likeness (QED) is 0.462. The highest BCUT2D eigenvalue weighted by molar-refractivity contribution is 7.15. The first kappa shape index (κ1) is 19.5. The number of halogens is 3. The van der Waals surface area contributed by atoms with Crippen LogP contribution in [0.15, 0.2) is 42.5 Å². The maximum Gasteiger partial charge on any atom is 0.187 e. The molecule has 0 atom stereocenters. The number of hydrogen-bond donors (Lipinski definition) is 1. The summed E-state index contributed by atoms with van der Waals surface area (Å²) in [6, 6.07) is 13.5. The summed E-state index contributed by atoms with van der Waals surface area (Å²) >= 11 is 20.0. The van der Waals surface area contributed by atoms with Gasteiger partial charge in [0.2, 0.25) is 0 Å². The largest absolute Gasteiger partial charge is 0.330 e. The minimum Gasteiger partial charge on any atom is -0.330 e. The number of hydrogen-bond acceptors (Lipinski definition) is 3. The van der Waals surface area contributed by atoms with Crippen LogP contribution in [0.4, 0.5) is 10.8 Å². The molecule has 0 spiro atoms. The van der Waals surface area contributed by atoms with E-state index in [1.54, 1.807) is 17.4 Å². The second-order valence-electron chi connectivity index (χ2n) is 7.07. The fourth-order valence-electron chi connectivity index (χ4n) is 2.61. The van der Waals surface area contributed by atoms with Crippen LogP contribution < -0.4 is 5.32 Å². The van der Waals surface area contributed by atoms with E-state index in [0.29, 0.717) is 10.0 Å². The lowest BCUT2D eigenvalue weighted by Crippen LogP contribution is -2.14. The van der Waals surface area contributed by atoms with E-state index in [1.165, 1.54) is 10.4 Å². The van der Waals surface area contributed by atoms with Crippen LogP contribution in [-0.4, -0.2) is 4.98 Å². The summed E-state index contributed by atoms with van der Waals surface area (Å²) in [6.07, 6.45) is 0.812. The van der Waals surface area contributed by atoms with Gasteiger partial charge in [0.1, 0.15) is 0 Å². The number of thiazole rings is 1.